The number of carbonyl (C=O) groups excluding carboxylic acids is 1. The number of carboxylic acid groups (broad SMARTS) is 1. The minimum Gasteiger partial charge on any atom is -0.535 e. The molecule has 3 heterocycles. The molecule has 1 saturated carbocycles. The first kappa shape index (κ1) is 16.9. The van der Waals surface area contributed by atoms with Gasteiger partial charge in [0.1, 0.15) is 23.2 Å². The van der Waals surface area contributed by atoms with E-state index in [0.29, 0.717) is 13.1 Å². The number of nitrogens with one attached hydrogen (secondary N) is 1. The molecule has 27 heavy (non-hydrogen) atoms. The van der Waals surface area contributed by atoms with E-state index in [-0.39, 0.29) is 46.9 Å². The smallest absolute Gasteiger partial charge is 0.526 e. The molecule has 0 radical (unpaired) electrons. The average Bonchev–Trinajstić information content (AvgIpc) is 3.23. The predicted octanol–water partition coefficient (Wildman–Crippen LogP) is 0.457. The van der Waals surface area contributed by atoms with Gasteiger partial charge in [0.15, 0.2) is 0 Å². The Morgan fingerprint density at radius 2 is 2.15 bits per heavy atom. The summed E-state index contributed by atoms with van der Waals surface area (Å²) in [6.07, 6.45) is 2.43. The van der Waals surface area contributed by atoms with Crippen LogP contribution in [0.25, 0.3) is 0 Å². The standard InChI is InChI=1S/C18H21BN2O6/c22-17(13-2-1-5-20-13)21-7-9(8-21)26-14-4-3-10-11-6-12(11)19(25)27-16(10)15(14)18(23)24/h3-4,9,11-13,20,25H,1-2,5-8H2,(H,23,24)/t11?,12-,13-/m1/s1. The van der Waals surface area contributed by atoms with Crippen molar-refractivity contribution in [1.29, 1.82) is 0 Å². The lowest BCUT2D eigenvalue weighted by molar-refractivity contribution is -0.141. The van der Waals surface area contributed by atoms with E-state index in [1.54, 1.807) is 11.0 Å². The van der Waals surface area contributed by atoms with Gasteiger partial charge in [0.2, 0.25) is 5.91 Å². The van der Waals surface area contributed by atoms with E-state index in [0.717, 1.165) is 31.4 Å². The van der Waals surface area contributed by atoms with Gasteiger partial charge in [0.05, 0.1) is 19.1 Å². The number of hydrogen-bond donors (Lipinski definition) is 3. The van der Waals surface area contributed by atoms with E-state index in [1.807, 2.05) is 6.07 Å². The van der Waals surface area contributed by atoms with Crippen molar-refractivity contribution < 1.29 is 29.1 Å². The minimum atomic E-state index is -1.14. The number of hydrogen-bond acceptors (Lipinski definition) is 6. The summed E-state index contributed by atoms with van der Waals surface area (Å²) in [5.41, 5.74) is 0.784. The Balaban J connectivity index is 1.31. The molecule has 1 amide bonds. The highest BCUT2D eigenvalue weighted by Crippen LogP contribution is 2.60. The van der Waals surface area contributed by atoms with Crippen LogP contribution in [0.15, 0.2) is 12.1 Å². The van der Waals surface area contributed by atoms with Gasteiger partial charge in [-0.15, -0.1) is 0 Å². The zero-order valence-electron chi connectivity index (χ0n) is 14.8. The van der Waals surface area contributed by atoms with Crippen LogP contribution < -0.4 is 14.7 Å². The quantitative estimate of drug-likeness (QED) is 0.659. The maximum Gasteiger partial charge on any atom is 0.526 e. The molecule has 3 N–H and O–H groups in total. The van der Waals surface area contributed by atoms with Crippen LogP contribution in [0.2, 0.25) is 5.82 Å². The second-order valence-electron chi connectivity index (χ2n) is 7.81. The fourth-order valence-corrected chi connectivity index (χ4v) is 4.38. The first-order valence-corrected chi connectivity index (χ1v) is 9.46. The maximum absolute atomic E-state index is 12.3. The van der Waals surface area contributed by atoms with Crippen molar-refractivity contribution in [3.8, 4) is 11.5 Å². The number of likely N-dealkylation sites (tertiary alicyclic amines) is 1. The monoisotopic (exact) mass is 372 g/mol. The Morgan fingerprint density at radius 1 is 1.33 bits per heavy atom. The summed E-state index contributed by atoms with van der Waals surface area (Å²) in [5, 5.41) is 22.9. The Labute approximate surface area is 156 Å². The van der Waals surface area contributed by atoms with Gasteiger partial charge in [0.25, 0.3) is 0 Å². The highest BCUT2D eigenvalue weighted by Gasteiger charge is 2.54. The summed E-state index contributed by atoms with van der Waals surface area (Å²) in [6.45, 7) is 1.76. The molecule has 1 aromatic carbocycles. The lowest BCUT2D eigenvalue weighted by Crippen LogP contribution is -2.59. The molecule has 1 aliphatic carbocycles. The van der Waals surface area contributed by atoms with Crippen LogP contribution >= 0.6 is 0 Å². The highest BCUT2D eigenvalue weighted by molar-refractivity contribution is 6.48. The molecule has 2 saturated heterocycles. The van der Waals surface area contributed by atoms with Crippen LogP contribution in [-0.4, -0.2) is 65.8 Å². The third-order valence-electron chi connectivity index (χ3n) is 6.02. The summed E-state index contributed by atoms with van der Waals surface area (Å²) in [7, 11) is -0.966. The highest BCUT2D eigenvalue weighted by atomic mass is 16.5. The fourth-order valence-electron chi connectivity index (χ4n) is 4.38. The summed E-state index contributed by atoms with van der Waals surface area (Å²) >= 11 is 0. The van der Waals surface area contributed by atoms with Crippen LogP contribution in [0, 0.1) is 0 Å². The molecule has 0 aromatic heterocycles. The fraction of sp³-hybridized carbons (Fsp3) is 0.556. The third kappa shape index (κ3) is 2.76. The van der Waals surface area contributed by atoms with Crippen molar-refractivity contribution in [3.63, 3.8) is 0 Å². The Morgan fingerprint density at radius 3 is 2.85 bits per heavy atom. The van der Waals surface area contributed by atoms with Gasteiger partial charge in [-0.25, -0.2) is 4.79 Å². The van der Waals surface area contributed by atoms with E-state index >= 15 is 0 Å². The van der Waals surface area contributed by atoms with Gasteiger partial charge >= 0.3 is 13.1 Å². The maximum atomic E-state index is 12.3. The number of amides is 1. The SMILES string of the molecule is O=C(O)c1c(OC2CN(C(=O)[C@H]3CCCN3)C2)ccc2c1OB(O)[C@@H]1CC21. The lowest BCUT2D eigenvalue weighted by Gasteiger charge is -2.40. The van der Waals surface area contributed by atoms with Crippen LogP contribution in [0.1, 0.15) is 41.1 Å². The largest absolute Gasteiger partial charge is 0.535 e. The second-order valence-corrected chi connectivity index (χ2v) is 7.81. The van der Waals surface area contributed by atoms with Gasteiger partial charge in [-0.1, -0.05) is 6.07 Å². The number of rotatable bonds is 4. The van der Waals surface area contributed by atoms with Gasteiger partial charge in [-0.3, -0.25) is 4.79 Å². The molecular weight excluding hydrogens is 351 g/mol. The molecule has 142 valence electrons. The molecular formula is C18H21BN2O6. The molecule has 0 bridgehead atoms. The average molecular weight is 372 g/mol. The first-order valence-electron chi connectivity index (χ1n) is 9.46. The Kier molecular flexibility index (Phi) is 3.84. The van der Waals surface area contributed by atoms with E-state index < -0.39 is 13.1 Å². The van der Waals surface area contributed by atoms with Crippen molar-refractivity contribution in [3.05, 3.63) is 23.3 Å². The predicted molar refractivity (Wildman–Crippen MR) is 95.1 cm³/mol. The third-order valence-corrected chi connectivity index (χ3v) is 6.02. The molecule has 1 aromatic rings. The van der Waals surface area contributed by atoms with Crippen molar-refractivity contribution >= 4 is 19.0 Å². The number of ether oxygens (including phenoxy) is 1. The van der Waals surface area contributed by atoms with Crippen LogP contribution in [-0.2, 0) is 4.79 Å². The normalized spacial score (nSPS) is 28.7. The van der Waals surface area contributed by atoms with Crippen LogP contribution in [0.4, 0.5) is 0 Å². The molecule has 5 rings (SSSR count). The second kappa shape index (κ2) is 6.14. The van der Waals surface area contributed by atoms with E-state index in [9.17, 15) is 19.7 Å². The van der Waals surface area contributed by atoms with E-state index in [2.05, 4.69) is 5.32 Å². The van der Waals surface area contributed by atoms with E-state index in [1.165, 1.54) is 0 Å². The zero-order chi connectivity index (χ0) is 18.7. The molecule has 1 unspecified atom stereocenters. The van der Waals surface area contributed by atoms with Crippen molar-refractivity contribution in [2.24, 2.45) is 0 Å². The molecule has 8 nitrogen and oxygen atoms in total. The van der Waals surface area contributed by atoms with Gasteiger partial charge < -0.3 is 29.7 Å². The molecule has 3 fully saturated rings. The summed E-state index contributed by atoms with van der Waals surface area (Å²) in [4.78, 5) is 25.9. The summed E-state index contributed by atoms with van der Waals surface area (Å²) < 4.78 is 11.4. The lowest BCUT2D eigenvalue weighted by atomic mass is 9.77. The molecule has 3 aliphatic heterocycles. The zero-order valence-corrected chi connectivity index (χ0v) is 14.8. The van der Waals surface area contributed by atoms with Crippen molar-refractivity contribution in [2.45, 2.75) is 43.1 Å². The van der Waals surface area contributed by atoms with Crippen molar-refractivity contribution in [1.82, 2.24) is 10.2 Å². The number of fused-ring (bicyclic) bond motifs is 3. The first-order chi connectivity index (χ1) is 13.0. The Hall–Kier alpha value is -2.26. The molecule has 0 spiro atoms. The van der Waals surface area contributed by atoms with Crippen LogP contribution in [0.5, 0.6) is 11.5 Å². The summed E-state index contributed by atoms with van der Waals surface area (Å²) in [5.74, 6) is -0.400. The van der Waals surface area contributed by atoms with Gasteiger partial charge in [-0.05, 0) is 43.4 Å². The number of carbonyl (C=O) groups is 2. The molecule has 4 aliphatic rings. The van der Waals surface area contributed by atoms with Gasteiger partial charge in [0, 0.05) is 5.82 Å². The number of aromatic carboxylic acids is 1. The van der Waals surface area contributed by atoms with E-state index in [4.69, 9.17) is 9.39 Å². The van der Waals surface area contributed by atoms with Crippen molar-refractivity contribution in [2.75, 3.05) is 19.6 Å². The van der Waals surface area contributed by atoms with Gasteiger partial charge in [-0.2, -0.15) is 0 Å². The number of benzene rings is 1. The minimum absolute atomic E-state index is 0.0425. The topological polar surface area (TPSA) is 108 Å². The van der Waals surface area contributed by atoms with Crippen LogP contribution in [0.3, 0.4) is 0 Å². The number of carboxylic acids is 1. The molecule has 9 heteroatoms. The Bertz CT molecular complexity index is 805. The molecule has 3 atom stereocenters. The number of nitrogens with zero attached hydrogens (tertiary/aromatic N) is 1. The summed E-state index contributed by atoms with van der Waals surface area (Å²) in [6, 6.07) is 3.39.